The van der Waals surface area contributed by atoms with Crippen molar-refractivity contribution in [2.24, 2.45) is 11.3 Å². The van der Waals surface area contributed by atoms with Crippen molar-refractivity contribution in [1.29, 1.82) is 0 Å². The van der Waals surface area contributed by atoms with E-state index >= 15 is 0 Å². The van der Waals surface area contributed by atoms with Crippen molar-refractivity contribution in [3.63, 3.8) is 0 Å². The van der Waals surface area contributed by atoms with Crippen LogP contribution in [0, 0.1) is 17.2 Å². The lowest BCUT2D eigenvalue weighted by Crippen LogP contribution is -2.41. The van der Waals surface area contributed by atoms with E-state index in [1.54, 1.807) is 12.1 Å². The maximum Gasteiger partial charge on any atom is 0.220 e. The fourth-order valence-corrected chi connectivity index (χ4v) is 4.28. The summed E-state index contributed by atoms with van der Waals surface area (Å²) in [5.74, 6) is 0.353. The third kappa shape index (κ3) is 4.15. The summed E-state index contributed by atoms with van der Waals surface area (Å²) in [6.07, 6.45) is 5.33. The standard InChI is InChI=1S/C20H29FN2O/c1-20(2,3)19(14-4-6-15(21)7-5-14)23-18(24)12-13-10-16-8-9-17(11-13)22-16/h4-7,13,16-17,19,22H,8-12H2,1-3H3,(H,23,24). The highest BCUT2D eigenvalue weighted by molar-refractivity contribution is 5.76. The third-order valence-electron chi connectivity index (χ3n) is 5.42. The summed E-state index contributed by atoms with van der Waals surface area (Å²) in [5, 5.41) is 6.83. The molecule has 24 heavy (non-hydrogen) atoms. The van der Waals surface area contributed by atoms with E-state index in [-0.39, 0.29) is 23.2 Å². The van der Waals surface area contributed by atoms with Crippen molar-refractivity contribution in [1.82, 2.24) is 10.6 Å². The van der Waals surface area contributed by atoms with Crippen LogP contribution >= 0.6 is 0 Å². The van der Waals surface area contributed by atoms with E-state index < -0.39 is 0 Å². The van der Waals surface area contributed by atoms with Gasteiger partial charge in [-0.25, -0.2) is 4.39 Å². The molecule has 1 amide bonds. The van der Waals surface area contributed by atoms with Crippen LogP contribution in [0.4, 0.5) is 4.39 Å². The molecule has 0 saturated carbocycles. The second-order valence-corrected chi connectivity index (χ2v) is 8.60. The molecule has 3 atom stereocenters. The van der Waals surface area contributed by atoms with Crippen molar-refractivity contribution < 1.29 is 9.18 Å². The van der Waals surface area contributed by atoms with Crippen molar-refractivity contribution in [2.45, 2.75) is 71.0 Å². The molecule has 1 aromatic carbocycles. The number of halogens is 1. The van der Waals surface area contributed by atoms with E-state index in [2.05, 4.69) is 31.4 Å². The van der Waals surface area contributed by atoms with E-state index in [4.69, 9.17) is 0 Å². The number of piperidine rings is 1. The molecular weight excluding hydrogens is 303 g/mol. The molecule has 3 unspecified atom stereocenters. The molecule has 3 rings (SSSR count). The number of benzene rings is 1. The van der Waals surface area contributed by atoms with Crippen LogP contribution in [-0.4, -0.2) is 18.0 Å². The summed E-state index contributed by atoms with van der Waals surface area (Å²) >= 11 is 0. The van der Waals surface area contributed by atoms with E-state index in [0.717, 1.165) is 18.4 Å². The molecule has 2 aliphatic rings. The number of nitrogens with one attached hydrogen (secondary N) is 2. The maximum atomic E-state index is 13.2. The zero-order valence-corrected chi connectivity index (χ0v) is 14.9. The van der Waals surface area contributed by atoms with Crippen LogP contribution in [0.25, 0.3) is 0 Å². The summed E-state index contributed by atoms with van der Waals surface area (Å²) in [4.78, 5) is 12.6. The lowest BCUT2D eigenvalue weighted by atomic mass is 9.82. The van der Waals surface area contributed by atoms with Crippen LogP contribution in [0.15, 0.2) is 24.3 Å². The minimum Gasteiger partial charge on any atom is -0.349 e. The van der Waals surface area contributed by atoms with Gasteiger partial charge in [0.1, 0.15) is 5.82 Å². The topological polar surface area (TPSA) is 41.1 Å². The van der Waals surface area contributed by atoms with Gasteiger partial charge in [-0.2, -0.15) is 0 Å². The largest absolute Gasteiger partial charge is 0.349 e. The summed E-state index contributed by atoms with van der Waals surface area (Å²) in [5.41, 5.74) is 0.836. The van der Waals surface area contributed by atoms with Gasteiger partial charge in [-0.1, -0.05) is 32.9 Å². The van der Waals surface area contributed by atoms with E-state index in [1.165, 1.54) is 25.0 Å². The minimum atomic E-state index is -0.247. The zero-order chi connectivity index (χ0) is 17.3. The summed E-state index contributed by atoms with van der Waals surface area (Å²) in [6, 6.07) is 7.58. The van der Waals surface area contributed by atoms with Crippen LogP contribution in [0.2, 0.25) is 0 Å². The Kier molecular flexibility index (Phi) is 4.95. The molecule has 4 heteroatoms. The second kappa shape index (κ2) is 6.83. The first-order valence-corrected chi connectivity index (χ1v) is 9.12. The summed E-state index contributed by atoms with van der Waals surface area (Å²) in [7, 11) is 0. The predicted molar refractivity (Wildman–Crippen MR) is 94.0 cm³/mol. The first-order chi connectivity index (χ1) is 11.3. The molecule has 132 valence electrons. The van der Waals surface area contributed by atoms with Gasteiger partial charge in [0.25, 0.3) is 0 Å². The maximum absolute atomic E-state index is 13.2. The Hall–Kier alpha value is -1.42. The highest BCUT2D eigenvalue weighted by Crippen LogP contribution is 2.35. The molecule has 0 spiro atoms. The monoisotopic (exact) mass is 332 g/mol. The van der Waals surface area contributed by atoms with E-state index in [0.29, 0.717) is 24.4 Å². The average molecular weight is 332 g/mol. The predicted octanol–water partition coefficient (Wildman–Crippen LogP) is 3.95. The Labute approximate surface area is 144 Å². The molecule has 3 nitrogen and oxygen atoms in total. The molecule has 2 aliphatic heterocycles. The van der Waals surface area contributed by atoms with Crippen molar-refractivity contribution in [2.75, 3.05) is 0 Å². The van der Waals surface area contributed by atoms with Gasteiger partial charge in [0.05, 0.1) is 6.04 Å². The molecule has 2 saturated heterocycles. The highest BCUT2D eigenvalue weighted by Gasteiger charge is 2.35. The van der Waals surface area contributed by atoms with Gasteiger partial charge in [0.15, 0.2) is 0 Å². The smallest absolute Gasteiger partial charge is 0.220 e. The first-order valence-electron chi connectivity index (χ1n) is 9.12. The third-order valence-corrected chi connectivity index (χ3v) is 5.42. The molecule has 2 bridgehead atoms. The number of fused-ring (bicyclic) bond motifs is 2. The summed E-state index contributed by atoms with van der Waals surface area (Å²) in [6.45, 7) is 6.31. The fourth-order valence-electron chi connectivity index (χ4n) is 4.28. The van der Waals surface area contributed by atoms with E-state index in [1.807, 2.05) is 0 Å². The molecule has 0 aliphatic carbocycles. The van der Waals surface area contributed by atoms with Gasteiger partial charge >= 0.3 is 0 Å². The number of hydrogen-bond acceptors (Lipinski definition) is 2. The van der Waals surface area contributed by atoms with Gasteiger partial charge in [-0.3, -0.25) is 4.79 Å². The van der Waals surface area contributed by atoms with Gasteiger partial charge in [-0.05, 0) is 54.7 Å². The van der Waals surface area contributed by atoms with Gasteiger partial charge in [0, 0.05) is 18.5 Å². The van der Waals surface area contributed by atoms with Gasteiger partial charge < -0.3 is 10.6 Å². The number of carbonyl (C=O) groups excluding carboxylic acids is 1. The lowest BCUT2D eigenvalue weighted by molar-refractivity contribution is -0.123. The van der Waals surface area contributed by atoms with Gasteiger partial charge in [-0.15, -0.1) is 0 Å². The zero-order valence-electron chi connectivity index (χ0n) is 14.9. The first kappa shape index (κ1) is 17.4. The number of carbonyl (C=O) groups is 1. The molecule has 0 radical (unpaired) electrons. The molecular formula is C20H29FN2O. The van der Waals surface area contributed by atoms with Crippen LogP contribution in [0.5, 0.6) is 0 Å². The SMILES string of the molecule is CC(C)(C)C(NC(=O)CC1CC2CCC(C1)N2)c1ccc(F)cc1. The van der Waals surface area contributed by atoms with E-state index in [9.17, 15) is 9.18 Å². The molecule has 2 heterocycles. The van der Waals surface area contributed by atoms with Gasteiger partial charge in [0.2, 0.25) is 5.91 Å². The second-order valence-electron chi connectivity index (χ2n) is 8.60. The summed E-state index contributed by atoms with van der Waals surface area (Å²) < 4.78 is 13.2. The van der Waals surface area contributed by atoms with Crippen LogP contribution in [0.3, 0.4) is 0 Å². The fraction of sp³-hybridized carbons (Fsp3) is 0.650. The van der Waals surface area contributed by atoms with Crippen molar-refractivity contribution in [3.8, 4) is 0 Å². The van der Waals surface area contributed by atoms with Crippen LogP contribution in [0.1, 0.15) is 64.5 Å². The number of hydrogen-bond donors (Lipinski definition) is 2. The molecule has 2 N–H and O–H groups in total. The highest BCUT2D eigenvalue weighted by atomic mass is 19.1. The van der Waals surface area contributed by atoms with Crippen LogP contribution in [-0.2, 0) is 4.79 Å². The van der Waals surface area contributed by atoms with Crippen molar-refractivity contribution in [3.05, 3.63) is 35.6 Å². The quantitative estimate of drug-likeness (QED) is 0.876. The van der Waals surface area contributed by atoms with Crippen LogP contribution < -0.4 is 10.6 Å². The van der Waals surface area contributed by atoms with Crippen molar-refractivity contribution >= 4 is 5.91 Å². The average Bonchev–Trinajstić information content (AvgIpc) is 2.84. The molecule has 0 aromatic heterocycles. The Morgan fingerprint density at radius 2 is 1.79 bits per heavy atom. The number of rotatable bonds is 4. The molecule has 1 aromatic rings. The lowest BCUT2D eigenvalue weighted by Gasteiger charge is -2.33. The molecule has 2 fully saturated rings. The Morgan fingerprint density at radius 3 is 2.33 bits per heavy atom. The number of amides is 1. The normalized spacial score (nSPS) is 27.8. The Bertz CT molecular complexity index is 566. The Morgan fingerprint density at radius 1 is 1.21 bits per heavy atom. The Balaban J connectivity index is 1.64. The minimum absolute atomic E-state index is 0.107.